The molecule has 0 fully saturated rings. The molecule has 0 unspecified atom stereocenters. The van der Waals surface area contributed by atoms with Crippen LogP contribution in [0.1, 0.15) is 22.3 Å². The first-order valence-corrected chi connectivity index (χ1v) is 12.5. The summed E-state index contributed by atoms with van der Waals surface area (Å²) < 4.78 is 45.4. The first-order chi connectivity index (χ1) is 14.6. The summed E-state index contributed by atoms with van der Waals surface area (Å²) in [6.07, 6.45) is 0. The van der Waals surface area contributed by atoms with Crippen LogP contribution in [0, 0.1) is 27.7 Å². The third-order valence-electron chi connectivity index (χ3n) is 5.20. The van der Waals surface area contributed by atoms with Crippen LogP contribution in [-0.4, -0.2) is 27.2 Å². The lowest BCUT2D eigenvalue weighted by molar-refractivity contribution is 0.408. The predicted molar refractivity (Wildman–Crippen MR) is 127 cm³/mol. The molecule has 5 nitrogen and oxygen atoms in total. The summed E-state index contributed by atoms with van der Waals surface area (Å²) in [7, 11) is -2.39. The fourth-order valence-electron chi connectivity index (χ4n) is 4.04. The van der Waals surface area contributed by atoms with Crippen molar-refractivity contribution in [1.29, 1.82) is 0 Å². The minimum Gasteiger partial charge on any atom is -0.496 e. The molecule has 3 aromatic rings. The lowest BCUT2D eigenvalue weighted by Gasteiger charge is -2.24. The zero-order chi connectivity index (χ0) is 22.9. The monoisotopic (exact) mass is 458 g/mol. The summed E-state index contributed by atoms with van der Waals surface area (Å²) >= 11 is 0. The molecule has 0 saturated carbocycles. The van der Waals surface area contributed by atoms with E-state index in [0.717, 1.165) is 44.4 Å². The predicted octanol–water partition coefficient (Wildman–Crippen LogP) is 3.94. The van der Waals surface area contributed by atoms with Gasteiger partial charge in [0.05, 0.1) is 14.2 Å². The van der Waals surface area contributed by atoms with Gasteiger partial charge in [-0.05, 0) is 98.8 Å². The lowest BCUT2D eigenvalue weighted by atomic mass is 10.1. The third-order valence-corrected chi connectivity index (χ3v) is 8.68. The van der Waals surface area contributed by atoms with Crippen molar-refractivity contribution >= 4 is 34.0 Å². The van der Waals surface area contributed by atoms with Crippen LogP contribution in [0.2, 0.25) is 0 Å². The molecule has 164 valence electrons. The molecular weight excluding hydrogens is 431 g/mol. The van der Waals surface area contributed by atoms with E-state index in [1.165, 1.54) is 6.07 Å². The van der Waals surface area contributed by atoms with Gasteiger partial charge >= 0.3 is 0 Å². The summed E-state index contributed by atoms with van der Waals surface area (Å²) in [5.41, 5.74) is 3.88. The van der Waals surface area contributed by atoms with Gasteiger partial charge in [-0.15, -0.1) is 0 Å². The van der Waals surface area contributed by atoms with E-state index in [2.05, 4.69) is 0 Å². The van der Waals surface area contributed by atoms with Crippen molar-refractivity contribution in [2.45, 2.75) is 32.6 Å². The standard InChI is InChI=1S/C24H27O5PS/c1-15-11-19(12-16(2)23(15)28-5)30(20-13-17(3)24(29-6)18(4)14-20)21-9-7-8-10-22(21)31(25,26)27/h7-14H,1-6H3,(H,25,26,27). The summed E-state index contributed by atoms with van der Waals surface area (Å²) in [6, 6.07) is 14.8. The second kappa shape index (κ2) is 8.99. The summed E-state index contributed by atoms with van der Waals surface area (Å²) in [5.74, 6) is 1.62. The van der Waals surface area contributed by atoms with Crippen molar-refractivity contribution < 1.29 is 22.4 Å². The van der Waals surface area contributed by atoms with Crippen molar-refractivity contribution in [2.24, 2.45) is 0 Å². The molecule has 0 saturated heterocycles. The van der Waals surface area contributed by atoms with Crippen LogP contribution >= 0.6 is 7.92 Å². The van der Waals surface area contributed by atoms with Gasteiger partial charge in [0.15, 0.2) is 0 Å². The second-order valence-electron chi connectivity index (χ2n) is 7.50. The van der Waals surface area contributed by atoms with Crippen LogP contribution in [0.5, 0.6) is 11.5 Å². The molecule has 0 atom stereocenters. The van der Waals surface area contributed by atoms with E-state index < -0.39 is 18.0 Å². The Hall–Kier alpha value is -2.40. The van der Waals surface area contributed by atoms with Gasteiger partial charge in [-0.3, -0.25) is 4.55 Å². The maximum atomic E-state index is 12.2. The molecule has 0 bridgehead atoms. The van der Waals surface area contributed by atoms with E-state index in [1.807, 2.05) is 52.0 Å². The van der Waals surface area contributed by atoms with Crippen molar-refractivity contribution in [2.75, 3.05) is 14.2 Å². The first-order valence-electron chi connectivity index (χ1n) is 9.75. The minimum absolute atomic E-state index is 0.0710. The largest absolute Gasteiger partial charge is 0.496 e. The molecule has 3 rings (SSSR count). The van der Waals surface area contributed by atoms with E-state index in [1.54, 1.807) is 32.4 Å². The number of hydrogen-bond donors (Lipinski definition) is 1. The summed E-state index contributed by atoms with van der Waals surface area (Å²) in [4.78, 5) is -0.0710. The summed E-state index contributed by atoms with van der Waals surface area (Å²) in [5, 5.41) is 2.53. The number of aryl methyl sites for hydroxylation is 4. The smallest absolute Gasteiger partial charge is 0.295 e. The normalized spacial score (nSPS) is 11.6. The molecule has 0 radical (unpaired) electrons. The van der Waals surface area contributed by atoms with Gasteiger partial charge in [0, 0.05) is 5.30 Å². The Morgan fingerprint density at radius 2 is 1.13 bits per heavy atom. The van der Waals surface area contributed by atoms with Crippen LogP contribution in [-0.2, 0) is 10.1 Å². The Morgan fingerprint density at radius 3 is 1.48 bits per heavy atom. The molecule has 31 heavy (non-hydrogen) atoms. The molecule has 0 aliphatic heterocycles. The van der Waals surface area contributed by atoms with Crippen LogP contribution in [0.15, 0.2) is 53.4 Å². The van der Waals surface area contributed by atoms with E-state index in [4.69, 9.17) is 9.47 Å². The van der Waals surface area contributed by atoms with E-state index in [9.17, 15) is 13.0 Å². The number of hydrogen-bond acceptors (Lipinski definition) is 4. The molecule has 0 amide bonds. The van der Waals surface area contributed by atoms with E-state index >= 15 is 0 Å². The number of methoxy groups -OCH3 is 2. The highest BCUT2D eigenvalue weighted by Crippen LogP contribution is 2.39. The highest BCUT2D eigenvalue weighted by Gasteiger charge is 2.26. The Labute approximate surface area is 185 Å². The fourth-order valence-corrected chi connectivity index (χ4v) is 7.92. The summed E-state index contributed by atoms with van der Waals surface area (Å²) in [6.45, 7) is 7.90. The molecule has 0 aromatic heterocycles. The number of rotatable bonds is 6. The Morgan fingerprint density at radius 1 is 0.742 bits per heavy atom. The average molecular weight is 459 g/mol. The van der Waals surface area contributed by atoms with Crippen LogP contribution < -0.4 is 25.4 Å². The minimum atomic E-state index is -4.39. The molecular formula is C24H27O5PS. The van der Waals surface area contributed by atoms with Crippen LogP contribution in [0.25, 0.3) is 0 Å². The number of ether oxygens (including phenoxy) is 2. The SMILES string of the molecule is COc1c(C)cc(P(c2cc(C)c(OC)c(C)c2)c2ccccc2S(=O)(=O)O)cc1C. The lowest BCUT2D eigenvalue weighted by Crippen LogP contribution is -2.26. The second-order valence-corrected chi connectivity index (χ2v) is 11.1. The Balaban J connectivity index is 2.38. The molecule has 0 heterocycles. The van der Waals surface area contributed by atoms with Crippen molar-refractivity contribution in [3.8, 4) is 11.5 Å². The Kier molecular flexibility index (Phi) is 6.75. The van der Waals surface area contributed by atoms with Gasteiger partial charge in [0.25, 0.3) is 10.1 Å². The molecule has 0 aliphatic rings. The van der Waals surface area contributed by atoms with Gasteiger partial charge in [0.2, 0.25) is 0 Å². The van der Waals surface area contributed by atoms with Crippen molar-refractivity contribution in [3.63, 3.8) is 0 Å². The first kappa shape index (κ1) is 23.3. The van der Waals surface area contributed by atoms with Crippen molar-refractivity contribution in [3.05, 3.63) is 70.8 Å². The molecule has 0 aliphatic carbocycles. The van der Waals surface area contributed by atoms with Crippen LogP contribution in [0.4, 0.5) is 0 Å². The van der Waals surface area contributed by atoms with Crippen LogP contribution in [0.3, 0.4) is 0 Å². The van der Waals surface area contributed by atoms with Gasteiger partial charge in [0.1, 0.15) is 16.4 Å². The highest BCUT2D eigenvalue weighted by molar-refractivity contribution is 7.88. The highest BCUT2D eigenvalue weighted by atomic mass is 32.2. The maximum absolute atomic E-state index is 12.2. The van der Waals surface area contributed by atoms with Gasteiger partial charge in [-0.2, -0.15) is 8.42 Å². The molecule has 3 aromatic carbocycles. The molecule has 7 heteroatoms. The maximum Gasteiger partial charge on any atom is 0.295 e. The van der Waals surface area contributed by atoms with Gasteiger partial charge in [-0.25, -0.2) is 0 Å². The van der Waals surface area contributed by atoms with Gasteiger partial charge in [-0.1, -0.05) is 18.2 Å². The molecule has 0 spiro atoms. The number of benzene rings is 3. The van der Waals surface area contributed by atoms with Crippen molar-refractivity contribution in [1.82, 2.24) is 0 Å². The Bertz CT molecular complexity index is 1130. The topological polar surface area (TPSA) is 72.8 Å². The van der Waals surface area contributed by atoms with E-state index in [0.29, 0.717) is 5.30 Å². The third kappa shape index (κ3) is 4.62. The van der Waals surface area contributed by atoms with E-state index in [-0.39, 0.29) is 4.90 Å². The zero-order valence-corrected chi connectivity index (χ0v) is 20.3. The molecule has 1 N–H and O–H groups in total. The average Bonchev–Trinajstić information content (AvgIpc) is 2.67. The quantitative estimate of drug-likeness (QED) is 0.448. The van der Waals surface area contributed by atoms with Gasteiger partial charge < -0.3 is 9.47 Å². The fraction of sp³-hybridized carbons (Fsp3) is 0.250. The zero-order valence-electron chi connectivity index (χ0n) is 18.6.